The number of anilines is 1. The summed E-state index contributed by atoms with van der Waals surface area (Å²) in [5.74, 6) is 1.79. The van der Waals surface area contributed by atoms with Crippen LogP contribution in [0.1, 0.15) is 51.5 Å². The van der Waals surface area contributed by atoms with Gasteiger partial charge < -0.3 is 20.4 Å². The molecule has 3 rings (SSSR count). The molecule has 1 aromatic rings. The van der Waals surface area contributed by atoms with Crippen LogP contribution in [0.2, 0.25) is 0 Å². The number of benzene rings is 1. The van der Waals surface area contributed by atoms with Gasteiger partial charge in [0.15, 0.2) is 5.96 Å². The Morgan fingerprint density at radius 1 is 1.04 bits per heavy atom. The Balaban J connectivity index is 1.42. The number of guanidine groups is 1. The van der Waals surface area contributed by atoms with Crippen molar-refractivity contribution in [3.8, 4) is 0 Å². The largest absolute Gasteiger partial charge is 0.372 e. The average Bonchev–Trinajstić information content (AvgIpc) is 2.73. The molecule has 0 saturated carbocycles. The van der Waals surface area contributed by atoms with E-state index in [0.29, 0.717) is 6.04 Å². The Hall–Kier alpha value is -1.75. The summed E-state index contributed by atoms with van der Waals surface area (Å²) < 4.78 is 0. The Morgan fingerprint density at radius 2 is 1.71 bits per heavy atom. The van der Waals surface area contributed by atoms with E-state index in [2.05, 4.69) is 63.5 Å². The van der Waals surface area contributed by atoms with Crippen molar-refractivity contribution in [2.45, 2.75) is 58.5 Å². The van der Waals surface area contributed by atoms with Gasteiger partial charge in [0.1, 0.15) is 0 Å². The molecule has 1 aromatic carbocycles. The minimum atomic E-state index is 0.531. The molecule has 2 aliphatic rings. The molecule has 2 N–H and O–H groups in total. The minimum absolute atomic E-state index is 0.531. The number of piperidine rings is 2. The van der Waals surface area contributed by atoms with Crippen LogP contribution in [0.3, 0.4) is 0 Å². The summed E-state index contributed by atoms with van der Waals surface area (Å²) in [6.45, 7) is 11.4. The molecule has 0 aliphatic carbocycles. The molecule has 2 heterocycles. The van der Waals surface area contributed by atoms with Gasteiger partial charge in [-0.25, -0.2) is 0 Å². The van der Waals surface area contributed by atoms with Gasteiger partial charge in [0.2, 0.25) is 0 Å². The number of rotatable bonds is 6. The zero-order chi connectivity index (χ0) is 19.8. The molecular formula is C23H39N5. The summed E-state index contributed by atoms with van der Waals surface area (Å²) in [6.07, 6.45) is 6.26. The van der Waals surface area contributed by atoms with Crippen molar-refractivity contribution in [3.63, 3.8) is 0 Å². The molecule has 0 atom stereocenters. The zero-order valence-corrected chi connectivity index (χ0v) is 18.1. The van der Waals surface area contributed by atoms with Crippen LogP contribution in [0.25, 0.3) is 0 Å². The molecule has 0 bridgehead atoms. The highest BCUT2D eigenvalue weighted by Gasteiger charge is 2.19. The Bertz CT molecular complexity index is 596. The van der Waals surface area contributed by atoms with Gasteiger partial charge in [-0.3, -0.25) is 4.99 Å². The molecule has 0 amide bonds. The van der Waals surface area contributed by atoms with Crippen LogP contribution in [-0.4, -0.2) is 56.7 Å². The fraction of sp³-hybridized carbons (Fsp3) is 0.696. The van der Waals surface area contributed by atoms with Crippen LogP contribution in [0.5, 0.6) is 0 Å². The second kappa shape index (κ2) is 10.7. The van der Waals surface area contributed by atoms with E-state index in [1.807, 2.05) is 7.05 Å². The number of likely N-dealkylation sites (tertiary alicyclic amines) is 1. The van der Waals surface area contributed by atoms with Crippen molar-refractivity contribution in [1.29, 1.82) is 0 Å². The Morgan fingerprint density at radius 3 is 2.32 bits per heavy atom. The van der Waals surface area contributed by atoms with Crippen LogP contribution < -0.4 is 15.5 Å². The van der Waals surface area contributed by atoms with Gasteiger partial charge in [-0.2, -0.15) is 0 Å². The van der Waals surface area contributed by atoms with Crippen LogP contribution in [-0.2, 0) is 6.54 Å². The van der Waals surface area contributed by atoms with E-state index >= 15 is 0 Å². The van der Waals surface area contributed by atoms with Crippen LogP contribution in [0, 0.1) is 5.92 Å². The lowest BCUT2D eigenvalue weighted by Crippen LogP contribution is -2.48. The number of hydrogen-bond acceptors (Lipinski definition) is 3. The van der Waals surface area contributed by atoms with Gasteiger partial charge >= 0.3 is 0 Å². The molecule has 2 fully saturated rings. The number of aliphatic imine (C=N–C) groups is 1. The molecule has 0 unspecified atom stereocenters. The van der Waals surface area contributed by atoms with Crippen molar-refractivity contribution < 1.29 is 0 Å². The van der Waals surface area contributed by atoms with E-state index in [9.17, 15) is 0 Å². The van der Waals surface area contributed by atoms with E-state index in [4.69, 9.17) is 0 Å². The number of nitrogens with zero attached hydrogens (tertiary/aromatic N) is 3. The Labute approximate surface area is 171 Å². The summed E-state index contributed by atoms with van der Waals surface area (Å²) in [4.78, 5) is 9.51. The van der Waals surface area contributed by atoms with Gasteiger partial charge in [0.05, 0.1) is 0 Å². The first kappa shape index (κ1) is 21.0. The van der Waals surface area contributed by atoms with E-state index < -0.39 is 0 Å². The first-order valence-corrected chi connectivity index (χ1v) is 11.2. The second-order valence-electron chi connectivity index (χ2n) is 8.52. The van der Waals surface area contributed by atoms with Crippen LogP contribution in [0.4, 0.5) is 5.69 Å². The summed E-state index contributed by atoms with van der Waals surface area (Å²) in [5, 5.41) is 7.10. The lowest BCUT2D eigenvalue weighted by atomic mass is 9.99. The highest BCUT2D eigenvalue weighted by molar-refractivity contribution is 5.80. The maximum absolute atomic E-state index is 4.42. The average molecular weight is 386 g/mol. The topological polar surface area (TPSA) is 42.9 Å². The zero-order valence-electron chi connectivity index (χ0n) is 18.1. The van der Waals surface area contributed by atoms with E-state index in [-0.39, 0.29) is 0 Å². The van der Waals surface area contributed by atoms with Crippen LogP contribution >= 0.6 is 0 Å². The molecular weight excluding hydrogens is 346 g/mol. The summed E-state index contributed by atoms with van der Waals surface area (Å²) in [6, 6.07) is 9.57. The normalized spacial score (nSPS) is 20.4. The summed E-state index contributed by atoms with van der Waals surface area (Å²) in [7, 11) is 1.86. The third-order valence-corrected chi connectivity index (χ3v) is 6.24. The molecule has 0 aromatic heterocycles. The summed E-state index contributed by atoms with van der Waals surface area (Å²) in [5.41, 5.74) is 2.66. The van der Waals surface area contributed by atoms with Crippen molar-refractivity contribution >= 4 is 11.6 Å². The van der Waals surface area contributed by atoms with Gasteiger partial charge in [0, 0.05) is 51.5 Å². The number of hydrogen-bond donors (Lipinski definition) is 2. The SMILES string of the molecule is CCCN1CCC(NC(=NC)NCc2ccc(N3CCC(C)CC3)cc2)CC1. The quantitative estimate of drug-likeness (QED) is 0.581. The molecule has 5 nitrogen and oxygen atoms in total. The number of nitrogens with one attached hydrogen (secondary N) is 2. The van der Waals surface area contributed by atoms with E-state index in [1.165, 1.54) is 76.1 Å². The third-order valence-electron chi connectivity index (χ3n) is 6.24. The standard InChI is InChI=1S/C23H39N5/c1-4-13-27-14-11-21(12-15-27)26-23(24-3)25-18-20-5-7-22(8-6-20)28-16-9-19(2)10-17-28/h5-8,19,21H,4,9-18H2,1-3H3,(H2,24,25,26). The van der Waals surface area contributed by atoms with Gasteiger partial charge in [-0.1, -0.05) is 26.0 Å². The first-order valence-electron chi connectivity index (χ1n) is 11.2. The highest BCUT2D eigenvalue weighted by Crippen LogP contribution is 2.23. The fourth-order valence-electron chi connectivity index (χ4n) is 4.28. The van der Waals surface area contributed by atoms with Crippen molar-refractivity contribution in [2.75, 3.05) is 44.7 Å². The Kier molecular flexibility index (Phi) is 8.01. The molecule has 0 spiro atoms. The first-order chi connectivity index (χ1) is 13.7. The molecule has 156 valence electrons. The lowest BCUT2D eigenvalue weighted by Gasteiger charge is -2.33. The lowest BCUT2D eigenvalue weighted by molar-refractivity contribution is 0.206. The molecule has 0 radical (unpaired) electrons. The summed E-state index contributed by atoms with van der Waals surface area (Å²) >= 11 is 0. The van der Waals surface area contributed by atoms with Gasteiger partial charge in [0.25, 0.3) is 0 Å². The molecule has 28 heavy (non-hydrogen) atoms. The minimum Gasteiger partial charge on any atom is -0.372 e. The van der Waals surface area contributed by atoms with E-state index in [0.717, 1.165) is 18.4 Å². The molecule has 2 aliphatic heterocycles. The van der Waals surface area contributed by atoms with Gasteiger partial charge in [-0.05, 0) is 62.3 Å². The van der Waals surface area contributed by atoms with Gasteiger partial charge in [-0.15, -0.1) is 0 Å². The van der Waals surface area contributed by atoms with Crippen molar-refractivity contribution in [2.24, 2.45) is 10.9 Å². The second-order valence-corrected chi connectivity index (χ2v) is 8.52. The van der Waals surface area contributed by atoms with Crippen molar-refractivity contribution in [3.05, 3.63) is 29.8 Å². The maximum Gasteiger partial charge on any atom is 0.191 e. The third kappa shape index (κ3) is 6.13. The monoisotopic (exact) mass is 385 g/mol. The highest BCUT2D eigenvalue weighted by atomic mass is 15.2. The van der Waals surface area contributed by atoms with Crippen LogP contribution in [0.15, 0.2) is 29.3 Å². The predicted molar refractivity (Wildman–Crippen MR) is 120 cm³/mol. The van der Waals surface area contributed by atoms with Crippen molar-refractivity contribution in [1.82, 2.24) is 15.5 Å². The maximum atomic E-state index is 4.42. The smallest absolute Gasteiger partial charge is 0.191 e. The predicted octanol–water partition coefficient (Wildman–Crippen LogP) is 3.46. The molecule has 5 heteroatoms. The molecule has 2 saturated heterocycles. The van der Waals surface area contributed by atoms with E-state index in [1.54, 1.807) is 0 Å². The fourth-order valence-corrected chi connectivity index (χ4v) is 4.28.